The maximum absolute atomic E-state index is 15.1. The van der Waals surface area contributed by atoms with Crippen LogP contribution in [-0.2, 0) is 20.9 Å². The Balaban J connectivity index is 0.00000198. The standard InChI is InChI=1S/C29H25F3N4O3S.CH4O/c1-16(19-7-3-5-17(26(19)32)6-4-12-37)25-15-35-29(36-25)21-13-18(8-9-22(21)30)39-27-23(31)14-24-20(10-11-34-24)28(27)40(2,33)38;1-2/h3,5,7-16,33-34H,4,6H2,1-2H3,(H,35,36);2H,1H3. The number of rotatable bonds is 9. The smallest absolute Gasteiger partial charge is 0.180 e. The Bertz CT molecular complexity index is 1850. The molecule has 0 aliphatic heterocycles. The third-order valence-corrected chi connectivity index (χ3v) is 7.87. The van der Waals surface area contributed by atoms with Crippen LogP contribution in [0.1, 0.15) is 36.1 Å². The van der Waals surface area contributed by atoms with Crippen LogP contribution in [0.25, 0.3) is 22.3 Å². The van der Waals surface area contributed by atoms with Crippen molar-refractivity contribution in [2.24, 2.45) is 0 Å². The quantitative estimate of drug-likeness (QED) is 0.140. The molecule has 8 nitrogen and oxygen atoms in total. The maximum atomic E-state index is 15.1. The van der Waals surface area contributed by atoms with E-state index >= 15 is 8.78 Å². The van der Waals surface area contributed by atoms with Gasteiger partial charge in [0.15, 0.2) is 11.6 Å². The van der Waals surface area contributed by atoms with Gasteiger partial charge >= 0.3 is 0 Å². The maximum Gasteiger partial charge on any atom is 0.180 e. The Kier molecular flexibility index (Phi) is 9.17. The number of ether oxygens (including phenoxy) is 1. The number of carbonyl (C=O) groups excluding carboxylic acids is 1. The van der Waals surface area contributed by atoms with Crippen molar-refractivity contribution < 1.29 is 32.0 Å². The first-order valence-corrected chi connectivity index (χ1v) is 14.8. The summed E-state index contributed by atoms with van der Waals surface area (Å²) in [4.78, 5) is 20.8. The molecule has 12 heteroatoms. The SMILES string of the molecule is CC(c1cnc(-c2cc(Oc3c(F)cc4[nH]ccc4c3S(C)(=N)=O)ccc2F)[nH]1)c1cccc(CCC=O)c1F.CO. The summed E-state index contributed by atoms with van der Waals surface area (Å²) in [7, 11) is -2.41. The van der Waals surface area contributed by atoms with E-state index in [1.807, 2.05) is 0 Å². The van der Waals surface area contributed by atoms with Gasteiger partial charge in [-0.1, -0.05) is 25.1 Å². The summed E-state index contributed by atoms with van der Waals surface area (Å²) in [5, 5.41) is 7.38. The van der Waals surface area contributed by atoms with Gasteiger partial charge in [0.1, 0.15) is 34.4 Å². The Hall–Kier alpha value is -4.42. The van der Waals surface area contributed by atoms with Gasteiger partial charge in [-0.05, 0) is 41.8 Å². The molecular formula is C30H29F3N4O4S. The van der Waals surface area contributed by atoms with Crippen molar-refractivity contribution in [2.45, 2.75) is 30.6 Å². The lowest BCUT2D eigenvalue weighted by atomic mass is 9.94. The van der Waals surface area contributed by atoms with Crippen molar-refractivity contribution in [1.29, 1.82) is 4.78 Å². The lowest BCUT2D eigenvalue weighted by Gasteiger charge is -2.15. The van der Waals surface area contributed by atoms with E-state index in [4.69, 9.17) is 14.6 Å². The number of halogens is 3. The monoisotopic (exact) mass is 598 g/mol. The van der Waals surface area contributed by atoms with Gasteiger partial charge in [-0.2, -0.15) is 0 Å². The summed E-state index contributed by atoms with van der Waals surface area (Å²) in [6.45, 7) is 1.78. The molecule has 4 N–H and O–H groups in total. The van der Waals surface area contributed by atoms with E-state index in [9.17, 15) is 13.4 Å². The van der Waals surface area contributed by atoms with Crippen molar-refractivity contribution in [1.82, 2.24) is 15.0 Å². The molecule has 0 fully saturated rings. The van der Waals surface area contributed by atoms with Crippen LogP contribution in [0.4, 0.5) is 13.2 Å². The van der Waals surface area contributed by atoms with Crippen LogP contribution in [0.2, 0.25) is 0 Å². The van der Waals surface area contributed by atoms with Crippen LogP contribution in [0, 0.1) is 22.2 Å². The summed E-state index contributed by atoms with van der Waals surface area (Å²) >= 11 is 0. The van der Waals surface area contributed by atoms with E-state index in [-0.39, 0.29) is 40.6 Å². The molecule has 0 aliphatic carbocycles. The molecule has 0 saturated carbocycles. The summed E-state index contributed by atoms with van der Waals surface area (Å²) < 4.78 is 71.8. The second kappa shape index (κ2) is 12.6. The van der Waals surface area contributed by atoms with Gasteiger partial charge in [0, 0.05) is 60.8 Å². The zero-order chi connectivity index (χ0) is 30.6. The van der Waals surface area contributed by atoms with Crippen LogP contribution >= 0.6 is 0 Å². The molecule has 0 saturated heterocycles. The highest BCUT2D eigenvalue weighted by molar-refractivity contribution is 7.92. The highest BCUT2D eigenvalue weighted by Crippen LogP contribution is 2.39. The number of nitrogens with one attached hydrogen (secondary N) is 3. The van der Waals surface area contributed by atoms with Gasteiger partial charge in [-0.25, -0.2) is 27.1 Å². The Morgan fingerprint density at radius 2 is 1.88 bits per heavy atom. The van der Waals surface area contributed by atoms with Crippen LogP contribution in [0.5, 0.6) is 11.5 Å². The minimum absolute atomic E-state index is 0.0175. The first-order chi connectivity index (χ1) is 20.1. The Morgan fingerprint density at radius 1 is 1.12 bits per heavy atom. The van der Waals surface area contributed by atoms with E-state index in [0.29, 0.717) is 27.7 Å². The van der Waals surface area contributed by atoms with Crippen LogP contribution in [0.3, 0.4) is 0 Å². The molecule has 0 aliphatic rings. The van der Waals surface area contributed by atoms with Crippen LogP contribution in [-0.4, -0.2) is 43.9 Å². The number of H-pyrrole nitrogens is 2. The van der Waals surface area contributed by atoms with Gasteiger partial charge in [0.05, 0.1) is 15.3 Å². The molecule has 2 unspecified atom stereocenters. The summed E-state index contributed by atoms with van der Waals surface area (Å²) in [5.41, 5.74) is 1.74. The summed E-state index contributed by atoms with van der Waals surface area (Å²) in [6.07, 6.45) is 5.43. The molecule has 3 aromatic carbocycles. The van der Waals surface area contributed by atoms with Crippen molar-refractivity contribution >= 4 is 26.9 Å². The van der Waals surface area contributed by atoms with Gasteiger partial charge in [-0.15, -0.1) is 0 Å². The van der Waals surface area contributed by atoms with Crippen molar-refractivity contribution in [2.75, 3.05) is 13.4 Å². The lowest BCUT2D eigenvalue weighted by molar-refractivity contribution is -0.107. The first-order valence-electron chi connectivity index (χ1n) is 12.8. The third kappa shape index (κ3) is 6.09. The molecular weight excluding hydrogens is 569 g/mol. The molecule has 2 atom stereocenters. The fourth-order valence-corrected chi connectivity index (χ4v) is 5.76. The van der Waals surface area contributed by atoms with Crippen molar-refractivity contribution in [3.8, 4) is 22.9 Å². The van der Waals surface area contributed by atoms with E-state index in [1.54, 1.807) is 37.4 Å². The number of aliphatic hydroxyl groups is 1. The molecule has 0 spiro atoms. The number of aliphatic hydroxyl groups excluding tert-OH is 1. The second-order valence-corrected chi connectivity index (χ2v) is 11.6. The normalized spacial score (nSPS) is 13.2. The zero-order valence-corrected chi connectivity index (χ0v) is 23.8. The number of aryl methyl sites for hydroxylation is 1. The molecule has 0 bridgehead atoms. The predicted octanol–water partition coefficient (Wildman–Crippen LogP) is 6.69. The number of hydrogen-bond acceptors (Lipinski definition) is 6. The number of imidazole rings is 1. The first kappa shape index (κ1) is 30.5. The number of nitrogens with zero attached hydrogens (tertiary/aromatic N) is 1. The largest absolute Gasteiger partial charge is 0.453 e. The van der Waals surface area contributed by atoms with E-state index in [0.717, 1.165) is 19.5 Å². The minimum Gasteiger partial charge on any atom is -0.453 e. The number of hydrogen-bond donors (Lipinski definition) is 4. The lowest BCUT2D eigenvalue weighted by Crippen LogP contribution is -2.03. The molecule has 0 amide bonds. The molecule has 42 heavy (non-hydrogen) atoms. The van der Waals surface area contributed by atoms with Gasteiger partial charge in [0.25, 0.3) is 0 Å². The average Bonchev–Trinajstić information content (AvgIpc) is 3.64. The summed E-state index contributed by atoms with van der Waals surface area (Å²) in [6, 6.07) is 11.5. The fraction of sp³-hybridized carbons (Fsp3) is 0.200. The fourth-order valence-electron chi connectivity index (χ4n) is 4.67. The number of benzene rings is 3. The number of aromatic amines is 2. The number of carbonyl (C=O) groups is 1. The second-order valence-electron chi connectivity index (χ2n) is 9.48. The molecule has 5 aromatic rings. The Labute approximate surface area is 240 Å². The van der Waals surface area contributed by atoms with Crippen molar-refractivity contribution in [3.05, 3.63) is 95.2 Å². The molecule has 2 heterocycles. The summed E-state index contributed by atoms with van der Waals surface area (Å²) in [5.74, 6) is -2.54. The van der Waals surface area contributed by atoms with Crippen molar-refractivity contribution in [3.63, 3.8) is 0 Å². The van der Waals surface area contributed by atoms with E-state index in [1.165, 1.54) is 30.7 Å². The molecule has 5 rings (SSSR count). The molecule has 0 radical (unpaired) electrons. The van der Waals surface area contributed by atoms with Crippen LogP contribution < -0.4 is 4.74 Å². The van der Waals surface area contributed by atoms with Gasteiger partial charge in [0.2, 0.25) is 0 Å². The number of aldehydes is 1. The van der Waals surface area contributed by atoms with E-state index in [2.05, 4.69) is 15.0 Å². The topological polar surface area (TPSA) is 132 Å². The Morgan fingerprint density at radius 3 is 2.60 bits per heavy atom. The highest BCUT2D eigenvalue weighted by atomic mass is 32.2. The van der Waals surface area contributed by atoms with Gasteiger partial charge < -0.3 is 24.6 Å². The average molecular weight is 599 g/mol. The molecule has 2 aromatic heterocycles. The zero-order valence-electron chi connectivity index (χ0n) is 23.0. The number of fused-ring (bicyclic) bond motifs is 1. The van der Waals surface area contributed by atoms with Gasteiger partial charge in [-0.3, -0.25) is 0 Å². The van der Waals surface area contributed by atoms with Crippen LogP contribution in [0.15, 0.2) is 65.8 Å². The third-order valence-electron chi connectivity index (χ3n) is 6.69. The predicted molar refractivity (Wildman–Crippen MR) is 154 cm³/mol. The molecule has 220 valence electrons. The minimum atomic E-state index is -3.41. The highest BCUT2D eigenvalue weighted by Gasteiger charge is 2.23. The van der Waals surface area contributed by atoms with E-state index < -0.39 is 33.1 Å². The number of aromatic nitrogens is 3.